The molecule has 0 aliphatic heterocycles. The van der Waals surface area contributed by atoms with Crippen LogP contribution in [0.4, 0.5) is 0 Å². The molecule has 86 valence electrons. The molecule has 0 aromatic rings. The zero-order valence-corrected chi connectivity index (χ0v) is 9.88. The lowest BCUT2D eigenvalue weighted by atomic mass is 10.1. The molecule has 1 atom stereocenters. The Morgan fingerprint density at radius 1 is 1.36 bits per heavy atom. The van der Waals surface area contributed by atoms with Gasteiger partial charge in [0.1, 0.15) is 0 Å². The summed E-state index contributed by atoms with van der Waals surface area (Å²) < 4.78 is 4.84. The van der Waals surface area contributed by atoms with Gasteiger partial charge < -0.3 is 9.84 Å². The minimum Gasteiger partial charge on any atom is -0.481 e. The Morgan fingerprint density at radius 3 is 2.14 bits per heavy atom. The maximum atomic E-state index is 9.93. The summed E-state index contributed by atoms with van der Waals surface area (Å²) in [5, 5.41) is 8.18. The van der Waals surface area contributed by atoms with E-state index in [1.165, 1.54) is 19.3 Å². The van der Waals surface area contributed by atoms with Gasteiger partial charge in [0.15, 0.2) is 0 Å². The highest BCUT2D eigenvalue weighted by Crippen LogP contribution is 1.97. The standard InChI is InChI=1S/C6H14O.C5H10O2/c1-3-4-5-6-7-2;1-3-4(2)5(6)7/h3-6H2,1-2H3;4H,3H2,1-2H3,(H,6,7). The molecule has 1 N–H and O–H groups in total. The van der Waals surface area contributed by atoms with Crippen molar-refractivity contribution >= 4 is 5.97 Å². The van der Waals surface area contributed by atoms with Crippen molar-refractivity contribution in [3.8, 4) is 0 Å². The second-order valence-corrected chi connectivity index (χ2v) is 3.35. The van der Waals surface area contributed by atoms with Gasteiger partial charge in [0.2, 0.25) is 0 Å². The summed E-state index contributed by atoms with van der Waals surface area (Å²) in [6.07, 6.45) is 4.51. The quantitative estimate of drug-likeness (QED) is 0.677. The number of carboxylic acid groups (broad SMARTS) is 1. The molecule has 0 bridgehead atoms. The fourth-order valence-electron chi connectivity index (χ4n) is 0.671. The number of unbranched alkanes of at least 4 members (excludes halogenated alkanes) is 2. The number of aliphatic carboxylic acids is 1. The van der Waals surface area contributed by atoms with Gasteiger partial charge in [0, 0.05) is 13.7 Å². The molecule has 0 rings (SSSR count). The van der Waals surface area contributed by atoms with Crippen LogP contribution >= 0.6 is 0 Å². The lowest BCUT2D eigenvalue weighted by Crippen LogP contribution is -2.06. The number of carboxylic acids is 1. The van der Waals surface area contributed by atoms with E-state index in [1.807, 2.05) is 6.92 Å². The fourth-order valence-corrected chi connectivity index (χ4v) is 0.671. The molecule has 0 saturated heterocycles. The van der Waals surface area contributed by atoms with Crippen molar-refractivity contribution in [1.82, 2.24) is 0 Å². The van der Waals surface area contributed by atoms with Crippen molar-refractivity contribution in [3.05, 3.63) is 0 Å². The van der Waals surface area contributed by atoms with Gasteiger partial charge >= 0.3 is 5.97 Å². The smallest absolute Gasteiger partial charge is 0.306 e. The molecule has 0 aromatic carbocycles. The van der Waals surface area contributed by atoms with Crippen molar-refractivity contribution in [1.29, 1.82) is 0 Å². The normalized spacial score (nSPS) is 11.4. The summed E-state index contributed by atoms with van der Waals surface area (Å²) in [4.78, 5) is 9.93. The Balaban J connectivity index is 0. The third kappa shape index (κ3) is 14.0. The molecule has 0 spiro atoms. The van der Waals surface area contributed by atoms with Gasteiger partial charge in [-0.3, -0.25) is 4.79 Å². The van der Waals surface area contributed by atoms with E-state index in [0.717, 1.165) is 13.0 Å². The molecule has 3 nitrogen and oxygen atoms in total. The average molecular weight is 204 g/mol. The van der Waals surface area contributed by atoms with Crippen molar-refractivity contribution in [2.75, 3.05) is 13.7 Å². The summed E-state index contributed by atoms with van der Waals surface area (Å²) in [5.41, 5.74) is 0. The number of hydrogen-bond acceptors (Lipinski definition) is 2. The first-order chi connectivity index (χ1) is 6.59. The van der Waals surface area contributed by atoms with Gasteiger partial charge in [-0.15, -0.1) is 0 Å². The van der Waals surface area contributed by atoms with Gasteiger partial charge in [-0.25, -0.2) is 0 Å². The van der Waals surface area contributed by atoms with Crippen LogP contribution in [-0.2, 0) is 9.53 Å². The van der Waals surface area contributed by atoms with Crippen LogP contribution in [0.25, 0.3) is 0 Å². The maximum absolute atomic E-state index is 9.93. The zero-order valence-electron chi connectivity index (χ0n) is 9.88. The van der Waals surface area contributed by atoms with E-state index >= 15 is 0 Å². The second-order valence-electron chi connectivity index (χ2n) is 3.35. The van der Waals surface area contributed by atoms with Gasteiger partial charge in [0.05, 0.1) is 5.92 Å². The Hall–Kier alpha value is -0.570. The van der Waals surface area contributed by atoms with Crippen LogP contribution in [0.5, 0.6) is 0 Å². The molecule has 3 heteroatoms. The van der Waals surface area contributed by atoms with Crippen molar-refractivity contribution in [3.63, 3.8) is 0 Å². The second kappa shape index (κ2) is 12.4. The highest BCUT2D eigenvalue weighted by Gasteiger charge is 2.05. The minimum absolute atomic E-state index is 0.181. The predicted octanol–water partition coefficient (Wildman–Crippen LogP) is 2.94. The van der Waals surface area contributed by atoms with Crippen LogP contribution in [0.15, 0.2) is 0 Å². The number of carbonyl (C=O) groups is 1. The maximum Gasteiger partial charge on any atom is 0.306 e. The molecule has 0 aliphatic rings. The van der Waals surface area contributed by atoms with E-state index in [2.05, 4.69) is 6.92 Å². The van der Waals surface area contributed by atoms with E-state index < -0.39 is 5.97 Å². The SMILES string of the molecule is CCC(C)C(=O)O.CCCCCOC. The first-order valence-corrected chi connectivity index (χ1v) is 5.31. The number of rotatable bonds is 6. The molecule has 0 radical (unpaired) electrons. The Bertz CT molecular complexity index is 120. The van der Waals surface area contributed by atoms with Gasteiger partial charge in [-0.1, -0.05) is 33.6 Å². The molecule has 0 saturated carbocycles. The van der Waals surface area contributed by atoms with Crippen LogP contribution in [0.1, 0.15) is 46.5 Å². The van der Waals surface area contributed by atoms with Gasteiger partial charge in [-0.2, -0.15) is 0 Å². The van der Waals surface area contributed by atoms with Crippen molar-refractivity contribution in [2.45, 2.75) is 46.5 Å². The molecule has 0 amide bonds. The Kier molecular flexibility index (Phi) is 14.1. The Labute approximate surface area is 87.5 Å². The van der Waals surface area contributed by atoms with Crippen molar-refractivity contribution in [2.24, 2.45) is 5.92 Å². The highest BCUT2D eigenvalue weighted by molar-refractivity contribution is 5.69. The summed E-state index contributed by atoms with van der Waals surface area (Å²) in [5.74, 6) is -0.887. The minimum atomic E-state index is -0.706. The topological polar surface area (TPSA) is 46.5 Å². The van der Waals surface area contributed by atoms with Crippen LogP contribution in [0.2, 0.25) is 0 Å². The monoisotopic (exact) mass is 204 g/mol. The van der Waals surface area contributed by atoms with E-state index in [0.29, 0.717) is 0 Å². The molecule has 14 heavy (non-hydrogen) atoms. The molecule has 0 aliphatic carbocycles. The molecule has 0 heterocycles. The lowest BCUT2D eigenvalue weighted by molar-refractivity contribution is -0.141. The summed E-state index contributed by atoms with van der Waals surface area (Å²) in [6, 6.07) is 0. The van der Waals surface area contributed by atoms with E-state index in [-0.39, 0.29) is 5.92 Å². The molecule has 0 aromatic heterocycles. The molecular weight excluding hydrogens is 180 g/mol. The van der Waals surface area contributed by atoms with E-state index in [9.17, 15) is 4.79 Å². The van der Waals surface area contributed by atoms with Crippen LogP contribution in [0, 0.1) is 5.92 Å². The van der Waals surface area contributed by atoms with Gasteiger partial charge in [0.25, 0.3) is 0 Å². The lowest BCUT2D eigenvalue weighted by Gasteiger charge is -1.96. The third-order valence-electron chi connectivity index (χ3n) is 1.99. The first-order valence-electron chi connectivity index (χ1n) is 5.31. The number of ether oxygens (including phenoxy) is 1. The van der Waals surface area contributed by atoms with E-state index in [4.69, 9.17) is 9.84 Å². The number of hydrogen-bond donors (Lipinski definition) is 1. The fraction of sp³-hybridized carbons (Fsp3) is 0.909. The van der Waals surface area contributed by atoms with E-state index in [1.54, 1.807) is 14.0 Å². The predicted molar refractivity (Wildman–Crippen MR) is 58.5 cm³/mol. The van der Waals surface area contributed by atoms with Crippen LogP contribution in [0.3, 0.4) is 0 Å². The first kappa shape index (κ1) is 15.9. The summed E-state index contributed by atoms with van der Waals surface area (Å²) in [6.45, 7) is 6.67. The van der Waals surface area contributed by atoms with Crippen LogP contribution in [-0.4, -0.2) is 24.8 Å². The third-order valence-corrected chi connectivity index (χ3v) is 1.99. The zero-order chi connectivity index (χ0) is 11.4. The van der Waals surface area contributed by atoms with Gasteiger partial charge in [-0.05, 0) is 12.8 Å². The summed E-state index contributed by atoms with van der Waals surface area (Å²) >= 11 is 0. The van der Waals surface area contributed by atoms with Crippen molar-refractivity contribution < 1.29 is 14.6 Å². The Morgan fingerprint density at radius 2 is 1.93 bits per heavy atom. The highest BCUT2D eigenvalue weighted by atomic mass is 16.5. The summed E-state index contributed by atoms with van der Waals surface area (Å²) in [7, 11) is 1.75. The number of methoxy groups -OCH3 is 1. The van der Waals surface area contributed by atoms with Crippen LogP contribution < -0.4 is 0 Å². The molecule has 1 unspecified atom stereocenters. The molecular formula is C11H24O3. The average Bonchev–Trinajstić information content (AvgIpc) is 2.18. The molecule has 0 fully saturated rings. The largest absolute Gasteiger partial charge is 0.481 e.